The van der Waals surface area contributed by atoms with E-state index in [0.717, 1.165) is 55.3 Å². The van der Waals surface area contributed by atoms with Gasteiger partial charge in [0.25, 0.3) is 0 Å². The van der Waals surface area contributed by atoms with E-state index >= 15 is 0 Å². The first-order valence-corrected chi connectivity index (χ1v) is 14.4. The van der Waals surface area contributed by atoms with Crippen LogP contribution in [-0.2, 0) is 0 Å². The molecule has 0 radical (unpaired) electrons. The highest BCUT2D eigenvalue weighted by Crippen LogP contribution is 2.44. The summed E-state index contributed by atoms with van der Waals surface area (Å²) in [7, 11) is 0. The third-order valence-electron chi connectivity index (χ3n) is 7.94. The fraction of sp³-hybridized carbons (Fsp3) is 0. The number of nitrogens with zero attached hydrogens (tertiary/aromatic N) is 2. The molecule has 0 aliphatic rings. The van der Waals surface area contributed by atoms with Gasteiger partial charge >= 0.3 is 0 Å². The number of hydrogen-bond acceptors (Lipinski definition) is 4. The van der Waals surface area contributed by atoms with Crippen LogP contribution in [0.15, 0.2) is 126 Å². The molecule has 0 unspecified atom stereocenters. The van der Waals surface area contributed by atoms with Crippen LogP contribution in [0.5, 0.6) is 0 Å². The fourth-order valence-corrected chi connectivity index (χ4v) is 7.08. The minimum Gasteiger partial charge on any atom is -0.456 e. The third-order valence-corrected chi connectivity index (χ3v) is 9.09. The number of nitriles is 2. The van der Waals surface area contributed by atoms with Gasteiger partial charge in [-0.2, -0.15) is 10.5 Å². The zero-order valence-corrected chi connectivity index (χ0v) is 23.1. The molecule has 0 atom stereocenters. The van der Waals surface area contributed by atoms with Crippen molar-refractivity contribution in [2.45, 2.75) is 0 Å². The Morgan fingerprint density at radius 3 is 1.93 bits per heavy atom. The molecule has 0 fully saturated rings. The van der Waals surface area contributed by atoms with E-state index in [1.54, 1.807) is 6.07 Å². The molecule has 8 rings (SSSR count). The van der Waals surface area contributed by atoms with Crippen LogP contribution in [0.3, 0.4) is 0 Å². The molecule has 194 valence electrons. The van der Waals surface area contributed by atoms with Crippen LogP contribution < -0.4 is 0 Å². The fourth-order valence-electron chi connectivity index (χ4n) is 6.00. The lowest BCUT2D eigenvalue weighted by Crippen LogP contribution is -1.91. The van der Waals surface area contributed by atoms with Crippen LogP contribution in [0.2, 0.25) is 0 Å². The molecule has 42 heavy (non-hydrogen) atoms. The summed E-state index contributed by atoms with van der Waals surface area (Å²) in [6.45, 7) is 0. The summed E-state index contributed by atoms with van der Waals surface area (Å²) in [5.41, 5.74) is 9.13. The second-order valence-corrected chi connectivity index (χ2v) is 11.4. The summed E-state index contributed by atoms with van der Waals surface area (Å²) in [5, 5.41) is 23.6. The van der Waals surface area contributed by atoms with Gasteiger partial charge in [0.1, 0.15) is 11.2 Å². The van der Waals surface area contributed by atoms with E-state index in [1.165, 1.54) is 20.2 Å². The van der Waals surface area contributed by atoms with Gasteiger partial charge in [0.05, 0.1) is 23.3 Å². The first kappa shape index (κ1) is 24.1. The maximum atomic E-state index is 9.73. The van der Waals surface area contributed by atoms with Crippen molar-refractivity contribution in [2.75, 3.05) is 0 Å². The monoisotopic (exact) mass is 552 g/mol. The van der Waals surface area contributed by atoms with Crippen molar-refractivity contribution >= 4 is 53.4 Å². The number of benzene rings is 6. The highest BCUT2D eigenvalue weighted by atomic mass is 32.1. The molecule has 0 saturated heterocycles. The van der Waals surface area contributed by atoms with E-state index in [-0.39, 0.29) is 0 Å². The molecule has 0 N–H and O–H groups in total. The third kappa shape index (κ3) is 3.79. The van der Waals surface area contributed by atoms with Gasteiger partial charge in [-0.15, -0.1) is 11.3 Å². The van der Waals surface area contributed by atoms with Gasteiger partial charge in [-0.1, -0.05) is 60.7 Å². The minimum atomic E-state index is 0.600. The van der Waals surface area contributed by atoms with Crippen molar-refractivity contribution < 1.29 is 4.42 Å². The first-order valence-electron chi connectivity index (χ1n) is 13.6. The maximum Gasteiger partial charge on any atom is 0.135 e. The van der Waals surface area contributed by atoms with Crippen LogP contribution in [0.4, 0.5) is 0 Å². The number of fused-ring (bicyclic) bond motifs is 6. The second-order valence-electron chi connectivity index (χ2n) is 10.4. The molecule has 0 spiro atoms. The predicted octanol–water partition coefficient (Wildman–Crippen LogP) is 10.7. The summed E-state index contributed by atoms with van der Waals surface area (Å²) in [5.74, 6) is 0. The Bertz CT molecular complexity index is 2450. The molecular weight excluding hydrogens is 532 g/mol. The van der Waals surface area contributed by atoms with Crippen molar-refractivity contribution in [3.63, 3.8) is 0 Å². The molecule has 0 saturated carbocycles. The predicted molar refractivity (Wildman–Crippen MR) is 172 cm³/mol. The lowest BCUT2D eigenvalue weighted by Gasteiger charge is -2.17. The second kappa shape index (κ2) is 9.46. The summed E-state index contributed by atoms with van der Waals surface area (Å²) >= 11 is 1.81. The SMILES string of the molecule is N#Cc1cccc(-c2c(-c3ccc4oc5ccc(C#N)cc5c4c3)cccc2-c2ccc3sc4ccccc4c3c2)c1. The van der Waals surface area contributed by atoms with Crippen LogP contribution >= 0.6 is 11.3 Å². The average Bonchev–Trinajstić information content (AvgIpc) is 3.61. The topological polar surface area (TPSA) is 60.7 Å². The lowest BCUT2D eigenvalue weighted by atomic mass is 9.86. The minimum absolute atomic E-state index is 0.600. The molecule has 0 bridgehead atoms. The highest BCUT2D eigenvalue weighted by Gasteiger charge is 2.17. The Morgan fingerprint density at radius 2 is 1.12 bits per heavy atom. The van der Waals surface area contributed by atoms with Crippen LogP contribution in [0.1, 0.15) is 11.1 Å². The molecule has 0 aliphatic carbocycles. The van der Waals surface area contributed by atoms with E-state index in [9.17, 15) is 10.5 Å². The van der Waals surface area contributed by atoms with Gasteiger partial charge in [0, 0.05) is 30.9 Å². The molecule has 2 heterocycles. The van der Waals surface area contributed by atoms with Gasteiger partial charge in [-0.3, -0.25) is 0 Å². The van der Waals surface area contributed by atoms with E-state index < -0.39 is 0 Å². The Hall–Kier alpha value is -5.68. The van der Waals surface area contributed by atoms with Crippen LogP contribution in [-0.4, -0.2) is 0 Å². The smallest absolute Gasteiger partial charge is 0.135 e. The Kier molecular flexibility index (Phi) is 5.44. The lowest BCUT2D eigenvalue weighted by molar-refractivity contribution is 0.669. The zero-order valence-electron chi connectivity index (χ0n) is 22.3. The summed E-state index contributed by atoms with van der Waals surface area (Å²) in [6, 6.07) is 45.8. The van der Waals surface area contributed by atoms with Crippen molar-refractivity contribution in [1.29, 1.82) is 10.5 Å². The van der Waals surface area contributed by atoms with Crippen LogP contribution in [0, 0.1) is 22.7 Å². The molecule has 0 aliphatic heterocycles. The van der Waals surface area contributed by atoms with E-state index in [1.807, 2.05) is 47.7 Å². The number of thiophene rings is 1. The van der Waals surface area contributed by atoms with E-state index in [0.29, 0.717) is 11.1 Å². The Balaban J connectivity index is 1.40. The van der Waals surface area contributed by atoms with Crippen molar-refractivity contribution in [3.05, 3.63) is 132 Å². The molecule has 8 aromatic rings. The maximum absolute atomic E-state index is 9.73. The first-order chi connectivity index (χ1) is 20.7. The summed E-state index contributed by atoms with van der Waals surface area (Å²) < 4.78 is 8.65. The normalized spacial score (nSPS) is 11.3. The van der Waals surface area contributed by atoms with Gasteiger partial charge in [-0.05, 0) is 94.0 Å². The van der Waals surface area contributed by atoms with E-state index in [2.05, 4.69) is 91.0 Å². The molecule has 2 aromatic heterocycles. The quantitative estimate of drug-likeness (QED) is 0.219. The largest absolute Gasteiger partial charge is 0.456 e. The van der Waals surface area contributed by atoms with Gasteiger partial charge in [0.15, 0.2) is 0 Å². The molecule has 3 nitrogen and oxygen atoms in total. The molecule has 6 aromatic carbocycles. The highest BCUT2D eigenvalue weighted by molar-refractivity contribution is 7.25. The van der Waals surface area contributed by atoms with Gasteiger partial charge in [-0.25, -0.2) is 0 Å². The molecule has 4 heteroatoms. The number of furan rings is 1. The van der Waals surface area contributed by atoms with Gasteiger partial charge in [0.2, 0.25) is 0 Å². The standard InChI is InChI=1S/C38H20N2OS/c39-21-23-5-3-6-27(17-23)38-28(25-12-15-35-32(19-25)31-18-24(22-40)11-14-34(31)41-35)8-4-9-29(38)26-13-16-37-33(20-26)30-7-1-2-10-36(30)42-37/h1-20H. The Morgan fingerprint density at radius 1 is 0.476 bits per heavy atom. The van der Waals surface area contributed by atoms with E-state index in [4.69, 9.17) is 4.42 Å². The summed E-state index contributed by atoms with van der Waals surface area (Å²) in [6.07, 6.45) is 0. The van der Waals surface area contributed by atoms with Crippen molar-refractivity contribution in [2.24, 2.45) is 0 Å². The zero-order chi connectivity index (χ0) is 28.2. The average molecular weight is 553 g/mol. The Labute approximate surface area is 245 Å². The van der Waals surface area contributed by atoms with Crippen LogP contribution in [0.25, 0.3) is 75.5 Å². The molecule has 0 amide bonds. The molecular formula is C38H20N2OS. The number of rotatable bonds is 3. The van der Waals surface area contributed by atoms with Crippen molar-refractivity contribution in [3.8, 4) is 45.5 Å². The van der Waals surface area contributed by atoms with Gasteiger partial charge < -0.3 is 4.42 Å². The summed E-state index contributed by atoms with van der Waals surface area (Å²) in [4.78, 5) is 0. The van der Waals surface area contributed by atoms with Crippen molar-refractivity contribution in [1.82, 2.24) is 0 Å². The number of hydrogen-bond donors (Lipinski definition) is 0.